The molecule has 2 aromatic rings. The number of halogens is 2. The Morgan fingerprint density at radius 2 is 1.70 bits per heavy atom. The summed E-state index contributed by atoms with van der Waals surface area (Å²) in [4.78, 5) is 28.1. The van der Waals surface area contributed by atoms with Gasteiger partial charge in [-0.15, -0.1) is 0 Å². The van der Waals surface area contributed by atoms with E-state index in [0.717, 1.165) is 43.1 Å². The molecule has 2 aromatic carbocycles. The van der Waals surface area contributed by atoms with Crippen molar-refractivity contribution in [1.29, 1.82) is 0 Å². The molecule has 9 heteroatoms. The first-order chi connectivity index (χ1) is 16.0. The zero-order chi connectivity index (χ0) is 23.4. The van der Waals surface area contributed by atoms with Crippen molar-refractivity contribution in [1.82, 2.24) is 10.2 Å². The van der Waals surface area contributed by atoms with Gasteiger partial charge in [0.15, 0.2) is 17.8 Å². The number of nitrogens with zero attached hydrogens (tertiary/aromatic N) is 2. The van der Waals surface area contributed by atoms with E-state index in [1.54, 1.807) is 29.2 Å². The number of imide groups is 1. The molecular formula is C24H27F2N3O4. The fourth-order valence-electron chi connectivity index (χ4n) is 4.38. The zero-order valence-corrected chi connectivity index (χ0v) is 18.1. The summed E-state index contributed by atoms with van der Waals surface area (Å²) >= 11 is 0. The number of aliphatic hydroxyl groups is 1. The maximum absolute atomic E-state index is 14.3. The number of ether oxygens (including phenoxy) is 1. The third kappa shape index (κ3) is 5.08. The highest BCUT2D eigenvalue weighted by atomic mass is 19.2. The number of carbonyl (C=O) groups excluding carboxylic acids is 2. The Hall–Kier alpha value is -3.20. The molecule has 1 saturated carbocycles. The third-order valence-electron chi connectivity index (χ3n) is 6.18. The minimum atomic E-state index is -1.54. The van der Waals surface area contributed by atoms with Crippen molar-refractivity contribution in [2.24, 2.45) is 5.92 Å². The van der Waals surface area contributed by atoms with E-state index in [-0.39, 0.29) is 30.7 Å². The first-order valence-corrected chi connectivity index (χ1v) is 11.2. The van der Waals surface area contributed by atoms with Crippen molar-refractivity contribution in [3.8, 4) is 5.75 Å². The van der Waals surface area contributed by atoms with Crippen molar-refractivity contribution in [3.63, 3.8) is 0 Å². The normalized spacial score (nSPS) is 21.5. The van der Waals surface area contributed by atoms with Gasteiger partial charge >= 0.3 is 6.03 Å². The molecule has 1 aliphatic heterocycles. The van der Waals surface area contributed by atoms with E-state index in [0.29, 0.717) is 5.69 Å². The van der Waals surface area contributed by atoms with Gasteiger partial charge in [-0.25, -0.2) is 9.18 Å². The van der Waals surface area contributed by atoms with Gasteiger partial charge in [0.05, 0.1) is 0 Å². The number of benzene rings is 2. The molecule has 176 valence electrons. The molecular weight excluding hydrogens is 432 g/mol. The second-order valence-electron chi connectivity index (χ2n) is 8.33. The molecule has 2 atom stereocenters. The summed E-state index contributed by atoms with van der Waals surface area (Å²) in [7, 11) is 0. The van der Waals surface area contributed by atoms with Gasteiger partial charge in [-0.1, -0.05) is 43.5 Å². The number of carbonyl (C=O) groups is 2. The SMILES string of the molecule is O=C(NC(=O)N1CCN(c2ccccc2)C(Oc2cccc(F)c2F)C1O)C1CCCCC1. The van der Waals surface area contributed by atoms with Crippen LogP contribution in [0.5, 0.6) is 5.75 Å². The molecule has 2 aliphatic rings. The molecule has 0 radical (unpaired) electrons. The number of para-hydroxylation sites is 1. The van der Waals surface area contributed by atoms with E-state index in [4.69, 9.17) is 4.74 Å². The van der Waals surface area contributed by atoms with Crippen LogP contribution < -0.4 is 15.0 Å². The van der Waals surface area contributed by atoms with Crippen LogP contribution in [0.3, 0.4) is 0 Å². The molecule has 0 spiro atoms. The van der Waals surface area contributed by atoms with Crippen molar-refractivity contribution >= 4 is 17.6 Å². The smallest absolute Gasteiger partial charge is 0.326 e. The second kappa shape index (κ2) is 10.2. The lowest BCUT2D eigenvalue weighted by Crippen LogP contribution is -2.65. The highest BCUT2D eigenvalue weighted by Gasteiger charge is 2.41. The summed E-state index contributed by atoms with van der Waals surface area (Å²) in [6.45, 7) is 0.346. The molecule has 2 fully saturated rings. The maximum Gasteiger partial charge on any atom is 0.326 e. The van der Waals surface area contributed by atoms with Crippen LogP contribution in [0.15, 0.2) is 48.5 Å². The Morgan fingerprint density at radius 1 is 0.970 bits per heavy atom. The number of hydrogen-bond acceptors (Lipinski definition) is 5. The molecule has 4 rings (SSSR count). The molecule has 0 bridgehead atoms. The van der Waals surface area contributed by atoms with Crippen LogP contribution in [0.2, 0.25) is 0 Å². The highest BCUT2D eigenvalue weighted by Crippen LogP contribution is 2.29. The standard InChI is InChI=1S/C24H27F2N3O4/c25-18-12-7-13-19(20(18)26)33-23-22(31)29(15-14-28(23)17-10-5-2-6-11-17)24(32)27-21(30)16-8-3-1-4-9-16/h2,5-7,10-13,16,22-23,31H,1,3-4,8-9,14-15H2,(H,27,30,32). The van der Waals surface area contributed by atoms with Crippen molar-refractivity contribution in [2.75, 3.05) is 18.0 Å². The monoisotopic (exact) mass is 459 g/mol. The first kappa shape index (κ1) is 23.0. The van der Waals surface area contributed by atoms with Gasteiger partial charge < -0.3 is 14.7 Å². The summed E-state index contributed by atoms with van der Waals surface area (Å²) in [5.74, 6) is -3.24. The summed E-state index contributed by atoms with van der Waals surface area (Å²) in [5.41, 5.74) is 0.678. The molecule has 7 nitrogen and oxygen atoms in total. The van der Waals surface area contributed by atoms with E-state index in [9.17, 15) is 23.5 Å². The number of amides is 3. The van der Waals surface area contributed by atoms with E-state index < -0.39 is 30.1 Å². The largest absolute Gasteiger partial charge is 0.462 e. The van der Waals surface area contributed by atoms with Gasteiger partial charge in [-0.05, 0) is 37.1 Å². The quantitative estimate of drug-likeness (QED) is 0.730. The fraction of sp³-hybridized carbons (Fsp3) is 0.417. The van der Waals surface area contributed by atoms with Crippen LogP contribution in [0.1, 0.15) is 32.1 Å². The predicted molar refractivity (Wildman–Crippen MR) is 117 cm³/mol. The maximum atomic E-state index is 14.3. The molecule has 2 N–H and O–H groups in total. The Bertz CT molecular complexity index is 985. The molecule has 3 amide bonds. The van der Waals surface area contributed by atoms with Gasteiger partial charge in [0, 0.05) is 24.7 Å². The number of hydrogen-bond donors (Lipinski definition) is 2. The lowest BCUT2D eigenvalue weighted by molar-refractivity contribution is -0.125. The number of rotatable bonds is 4. The topological polar surface area (TPSA) is 82.1 Å². The Kier molecular flexibility index (Phi) is 7.08. The zero-order valence-electron chi connectivity index (χ0n) is 18.1. The fourth-order valence-corrected chi connectivity index (χ4v) is 4.38. The van der Waals surface area contributed by atoms with Gasteiger partial charge in [-0.2, -0.15) is 4.39 Å². The van der Waals surface area contributed by atoms with E-state index in [1.807, 2.05) is 6.07 Å². The van der Waals surface area contributed by atoms with Gasteiger partial charge in [0.1, 0.15) is 0 Å². The summed E-state index contributed by atoms with van der Waals surface area (Å²) in [6.07, 6.45) is 1.66. The number of urea groups is 1. The predicted octanol–water partition coefficient (Wildman–Crippen LogP) is 3.63. The van der Waals surface area contributed by atoms with Gasteiger partial charge in [0.25, 0.3) is 0 Å². The van der Waals surface area contributed by atoms with Crippen LogP contribution in [0, 0.1) is 17.6 Å². The molecule has 1 heterocycles. The van der Waals surface area contributed by atoms with E-state index in [1.165, 1.54) is 12.1 Å². The lowest BCUT2D eigenvalue weighted by atomic mass is 9.89. The molecule has 33 heavy (non-hydrogen) atoms. The Labute approximate surface area is 190 Å². The Balaban J connectivity index is 1.54. The van der Waals surface area contributed by atoms with Crippen LogP contribution in [0.25, 0.3) is 0 Å². The van der Waals surface area contributed by atoms with Crippen molar-refractivity contribution < 1.29 is 28.2 Å². The average Bonchev–Trinajstić information content (AvgIpc) is 2.84. The van der Waals surface area contributed by atoms with Crippen molar-refractivity contribution in [3.05, 3.63) is 60.2 Å². The van der Waals surface area contributed by atoms with Crippen LogP contribution >= 0.6 is 0 Å². The van der Waals surface area contributed by atoms with Gasteiger partial charge in [0.2, 0.25) is 18.0 Å². The molecule has 0 aromatic heterocycles. The molecule has 1 saturated heterocycles. The van der Waals surface area contributed by atoms with Gasteiger partial charge in [-0.3, -0.25) is 15.0 Å². The summed E-state index contributed by atoms with van der Waals surface area (Å²) in [5, 5.41) is 13.4. The minimum absolute atomic E-state index is 0.103. The summed E-state index contributed by atoms with van der Waals surface area (Å²) < 4.78 is 33.7. The number of aliphatic hydroxyl groups excluding tert-OH is 1. The van der Waals surface area contributed by atoms with E-state index >= 15 is 0 Å². The first-order valence-electron chi connectivity index (χ1n) is 11.2. The third-order valence-corrected chi connectivity index (χ3v) is 6.18. The summed E-state index contributed by atoms with van der Waals surface area (Å²) in [6, 6.07) is 11.8. The molecule has 2 unspecified atom stereocenters. The van der Waals surface area contributed by atoms with Crippen LogP contribution in [-0.2, 0) is 4.79 Å². The number of nitrogens with one attached hydrogen (secondary N) is 1. The van der Waals surface area contributed by atoms with Crippen LogP contribution in [-0.4, -0.2) is 47.5 Å². The minimum Gasteiger partial charge on any atom is -0.462 e. The number of anilines is 1. The Morgan fingerprint density at radius 3 is 2.42 bits per heavy atom. The highest BCUT2D eigenvalue weighted by molar-refractivity contribution is 5.95. The van der Waals surface area contributed by atoms with E-state index in [2.05, 4.69) is 5.32 Å². The average molecular weight is 459 g/mol. The molecule has 1 aliphatic carbocycles. The number of piperazine rings is 1. The van der Waals surface area contributed by atoms with Crippen LogP contribution in [0.4, 0.5) is 19.3 Å². The lowest BCUT2D eigenvalue weighted by Gasteiger charge is -2.45. The van der Waals surface area contributed by atoms with Crippen molar-refractivity contribution in [2.45, 2.75) is 44.6 Å². The second-order valence-corrected chi connectivity index (χ2v) is 8.33.